The highest BCUT2D eigenvalue weighted by Gasteiger charge is 2.22. The van der Waals surface area contributed by atoms with Crippen LogP contribution in [0.3, 0.4) is 0 Å². The van der Waals surface area contributed by atoms with Gasteiger partial charge in [-0.25, -0.2) is 0 Å². The smallest absolute Gasteiger partial charge is 0.150 e. The van der Waals surface area contributed by atoms with Crippen molar-refractivity contribution in [3.8, 4) is 5.75 Å². The quantitative estimate of drug-likeness (QED) is 0.771. The average Bonchev–Trinajstić information content (AvgIpc) is 2.40. The van der Waals surface area contributed by atoms with Crippen molar-refractivity contribution >= 4 is 6.29 Å². The van der Waals surface area contributed by atoms with Gasteiger partial charge < -0.3 is 4.74 Å². The third-order valence-electron chi connectivity index (χ3n) is 2.75. The number of nitrogens with zero attached hydrogens (tertiary/aromatic N) is 1. The molecule has 0 N–H and O–H groups in total. The van der Waals surface area contributed by atoms with Crippen LogP contribution in [-0.4, -0.2) is 11.3 Å². The Hall–Kier alpha value is -2.16. The second-order valence-corrected chi connectivity index (χ2v) is 4.54. The fraction of sp³-hybridized carbons (Fsp3) is 0.200. The first-order valence-electron chi connectivity index (χ1n) is 5.76. The van der Waals surface area contributed by atoms with E-state index in [0.29, 0.717) is 5.56 Å². The van der Waals surface area contributed by atoms with E-state index >= 15 is 0 Å². The van der Waals surface area contributed by atoms with Crippen LogP contribution in [0.1, 0.15) is 29.8 Å². The number of aromatic nitrogens is 1. The van der Waals surface area contributed by atoms with Gasteiger partial charge in [0.15, 0.2) is 0 Å². The van der Waals surface area contributed by atoms with Crippen molar-refractivity contribution in [1.29, 1.82) is 0 Å². The lowest BCUT2D eigenvalue weighted by atomic mass is 10.00. The van der Waals surface area contributed by atoms with Crippen molar-refractivity contribution in [3.63, 3.8) is 0 Å². The normalized spacial score (nSPS) is 11.0. The van der Waals surface area contributed by atoms with Gasteiger partial charge in [0.05, 0.1) is 0 Å². The van der Waals surface area contributed by atoms with Gasteiger partial charge in [-0.1, -0.05) is 6.07 Å². The number of ether oxygens (including phenoxy) is 1. The molecule has 0 saturated heterocycles. The maximum atomic E-state index is 10.6. The van der Waals surface area contributed by atoms with Gasteiger partial charge in [-0.05, 0) is 44.2 Å². The van der Waals surface area contributed by atoms with Crippen LogP contribution in [0.15, 0.2) is 48.8 Å². The number of benzene rings is 1. The van der Waals surface area contributed by atoms with Gasteiger partial charge in [0, 0.05) is 23.5 Å². The molecule has 0 unspecified atom stereocenters. The van der Waals surface area contributed by atoms with Crippen LogP contribution in [-0.2, 0) is 5.60 Å². The number of carbonyl (C=O) groups excluding carboxylic acids is 1. The zero-order valence-corrected chi connectivity index (χ0v) is 10.5. The van der Waals surface area contributed by atoms with Crippen LogP contribution in [0, 0.1) is 0 Å². The first-order chi connectivity index (χ1) is 8.62. The van der Waals surface area contributed by atoms with Crippen LogP contribution in [0.4, 0.5) is 0 Å². The van der Waals surface area contributed by atoms with Crippen molar-refractivity contribution in [2.75, 3.05) is 0 Å². The predicted molar refractivity (Wildman–Crippen MR) is 69.7 cm³/mol. The predicted octanol–water partition coefficient (Wildman–Crippen LogP) is 3.21. The molecule has 2 aromatic rings. The van der Waals surface area contributed by atoms with Crippen LogP contribution >= 0.6 is 0 Å². The first-order valence-corrected chi connectivity index (χ1v) is 5.76. The molecule has 0 atom stereocenters. The number of hydrogen-bond donors (Lipinski definition) is 0. The molecular weight excluding hydrogens is 226 g/mol. The zero-order chi connectivity index (χ0) is 13.0. The van der Waals surface area contributed by atoms with Crippen LogP contribution in [0.5, 0.6) is 5.75 Å². The van der Waals surface area contributed by atoms with E-state index < -0.39 is 5.60 Å². The van der Waals surface area contributed by atoms with Gasteiger partial charge in [0.1, 0.15) is 17.6 Å². The molecule has 1 heterocycles. The molecule has 0 aliphatic carbocycles. The Bertz CT molecular complexity index is 518. The van der Waals surface area contributed by atoms with Crippen LogP contribution in [0.2, 0.25) is 0 Å². The van der Waals surface area contributed by atoms with Gasteiger partial charge in [-0.3, -0.25) is 9.78 Å². The summed E-state index contributed by atoms with van der Waals surface area (Å²) in [7, 11) is 0. The maximum Gasteiger partial charge on any atom is 0.150 e. The van der Waals surface area contributed by atoms with Gasteiger partial charge in [-0.2, -0.15) is 0 Å². The second-order valence-electron chi connectivity index (χ2n) is 4.54. The molecule has 0 aliphatic heterocycles. The third kappa shape index (κ3) is 2.74. The molecule has 18 heavy (non-hydrogen) atoms. The summed E-state index contributed by atoms with van der Waals surface area (Å²) >= 11 is 0. The minimum absolute atomic E-state index is 0.461. The number of rotatable bonds is 4. The van der Waals surface area contributed by atoms with E-state index in [9.17, 15) is 4.79 Å². The minimum Gasteiger partial charge on any atom is -0.483 e. The van der Waals surface area contributed by atoms with Gasteiger partial charge in [0.25, 0.3) is 0 Å². The summed E-state index contributed by atoms with van der Waals surface area (Å²) in [5.41, 5.74) is 1.18. The van der Waals surface area contributed by atoms with E-state index in [1.54, 1.807) is 36.7 Å². The molecule has 1 aromatic heterocycles. The molecule has 2 rings (SSSR count). The molecule has 3 heteroatoms. The van der Waals surface area contributed by atoms with E-state index in [1.165, 1.54) is 0 Å². The fourth-order valence-electron chi connectivity index (χ4n) is 1.69. The van der Waals surface area contributed by atoms with E-state index in [-0.39, 0.29) is 0 Å². The summed E-state index contributed by atoms with van der Waals surface area (Å²) in [5, 5.41) is 0. The van der Waals surface area contributed by atoms with E-state index in [0.717, 1.165) is 17.6 Å². The third-order valence-corrected chi connectivity index (χ3v) is 2.75. The lowest BCUT2D eigenvalue weighted by Crippen LogP contribution is -2.25. The Morgan fingerprint density at radius 2 is 1.89 bits per heavy atom. The monoisotopic (exact) mass is 241 g/mol. The second kappa shape index (κ2) is 5.00. The molecule has 0 saturated carbocycles. The maximum absolute atomic E-state index is 10.6. The lowest BCUT2D eigenvalue weighted by molar-refractivity contribution is 0.108. The number of pyridine rings is 1. The lowest BCUT2D eigenvalue weighted by Gasteiger charge is -2.26. The Labute approximate surface area is 106 Å². The standard InChI is InChI=1S/C15H15NO2/c1-15(2,13-4-3-9-16-10-13)18-14-7-5-12(11-17)6-8-14/h3-11H,1-2H3. The van der Waals surface area contributed by atoms with Gasteiger partial charge in [-0.15, -0.1) is 0 Å². The summed E-state index contributed by atoms with van der Waals surface area (Å²) in [4.78, 5) is 14.7. The molecule has 0 spiro atoms. The van der Waals surface area contributed by atoms with E-state index in [4.69, 9.17) is 4.74 Å². The SMILES string of the molecule is CC(C)(Oc1ccc(C=O)cc1)c1cccnc1. The summed E-state index contributed by atoms with van der Waals surface area (Å²) < 4.78 is 5.93. The van der Waals surface area contributed by atoms with Crippen molar-refractivity contribution in [2.24, 2.45) is 0 Å². The topological polar surface area (TPSA) is 39.2 Å². The summed E-state index contributed by atoms with van der Waals surface area (Å²) in [6.07, 6.45) is 4.34. The molecule has 0 bridgehead atoms. The average molecular weight is 241 g/mol. The highest BCUT2D eigenvalue weighted by molar-refractivity contribution is 5.74. The Balaban J connectivity index is 2.19. The highest BCUT2D eigenvalue weighted by atomic mass is 16.5. The summed E-state index contributed by atoms with van der Waals surface area (Å²) in [6.45, 7) is 3.97. The first kappa shape index (κ1) is 12.3. The van der Waals surface area contributed by atoms with Crippen molar-refractivity contribution in [3.05, 3.63) is 59.9 Å². The summed E-state index contributed by atoms with van der Waals surface area (Å²) in [6, 6.07) is 10.9. The molecule has 3 nitrogen and oxygen atoms in total. The Kier molecular flexibility index (Phi) is 3.42. The number of carbonyl (C=O) groups is 1. The molecule has 92 valence electrons. The fourth-order valence-corrected chi connectivity index (χ4v) is 1.69. The van der Waals surface area contributed by atoms with Crippen molar-refractivity contribution in [1.82, 2.24) is 4.98 Å². The molecule has 0 aliphatic rings. The van der Waals surface area contributed by atoms with E-state index in [2.05, 4.69) is 4.98 Å². The number of aldehydes is 1. The van der Waals surface area contributed by atoms with Gasteiger partial charge in [0.2, 0.25) is 0 Å². The molecular formula is C15H15NO2. The summed E-state index contributed by atoms with van der Waals surface area (Å²) in [5.74, 6) is 0.731. The molecule has 0 amide bonds. The molecule has 1 aromatic carbocycles. The zero-order valence-electron chi connectivity index (χ0n) is 10.5. The largest absolute Gasteiger partial charge is 0.483 e. The molecule has 0 fully saturated rings. The minimum atomic E-state index is -0.461. The van der Waals surface area contributed by atoms with Crippen molar-refractivity contribution < 1.29 is 9.53 Å². The highest BCUT2D eigenvalue weighted by Crippen LogP contribution is 2.26. The Morgan fingerprint density at radius 3 is 2.44 bits per heavy atom. The molecule has 0 radical (unpaired) electrons. The van der Waals surface area contributed by atoms with E-state index in [1.807, 2.05) is 26.0 Å². The van der Waals surface area contributed by atoms with Crippen LogP contribution < -0.4 is 4.74 Å². The van der Waals surface area contributed by atoms with Crippen molar-refractivity contribution in [2.45, 2.75) is 19.4 Å². The Morgan fingerprint density at radius 1 is 1.17 bits per heavy atom. The van der Waals surface area contributed by atoms with Gasteiger partial charge >= 0.3 is 0 Å². The van der Waals surface area contributed by atoms with Crippen LogP contribution in [0.25, 0.3) is 0 Å². The number of hydrogen-bond acceptors (Lipinski definition) is 3.